The predicted octanol–water partition coefficient (Wildman–Crippen LogP) is 1.33. The number of hydrogen-bond donors (Lipinski definition) is 0. The van der Waals surface area contributed by atoms with E-state index < -0.39 is 10.0 Å². The average Bonchev–Trinajstić information content (AvgIpc) is 2.47. The lowest BCUT2D eigenvalue weighted by Crippen LogP contribution is -2.36. The van der Waals surface area contributed by atoms with Crippen LogP contribution in [0.15, 0.2) is 41.6 Å². The first-order valence-corrected chi connectivity index (χ1v) is 8.26. The Bertz CT molecular complexity index is 790. The van der Waals surface area contributed by atoms with Gasteiger partial charge in [-0.2, -0.15) is 0 Å². The van der Waals surface area contributed by atoms with E-state index in [1.165, 1.54) is 22.8 Å². The number of nitrogens with zero attached hydrogens (tertiary/aromatic N) is 2. The van der Waals surface area contributed by atoms with Crippen molar-refractivity contribution in [2.24, 2.45) is 0 Å². The third-order valence-corrected chi connectivity index (χ3v) is 5.46. The Balaban J connectivity index is 2.14. The number of rotatable bonds is 2. The first-order valence-electron chi connectivity index (χ1n) is 6.82. The van der Waals surface area contributed by atoms with Crippen LogP contribution < -0.4 is 9.77 Å². The number of benzene rings is 1. The Kier molecular flexibility index (Phi) is 3.49. The van der Waals surface area contributed by atoms with Crippen molar-refractivity contribution in [3.05, 3.63) is 47.8 Å². The fraction of sp³-hybridized carbons (Fsp3) is 0.267. The van der Waals surface area contributed by atoms with E-state index in [1.54, 1.807) is 0 Å². The summed E-state index contributed by atoms with van der Waals surface area (Å²) in [5.41, 5.74) is 3.18. The van der Waals surface area contributed by atoms with Gasteiger partial charge in [0, 0.05) is 18.9 Å². The molecule has 106 valence electrons. The maximum atomic E-state index is 12.9. The van der Waals surface area contributed by atoms with Gasteiger partial charge in [0.15, 0.2) is 0 Å². The number of hydrogen-bond acceptors (Lipinski definition) is 3. The van der Waals surface area contributed by atoms with Gasteiger partial charge in [-0.1, -0.05) is 23.7 Å². The van der Waals surface area contributed by atoms with Crippen molar-refractivity contribution in [3.8, 4) is 0 Å². The molecule has 2 heterocycles. The molecular formula is C15H15BN2O2S. The fourth-order valence-electron chi connectivity index (χ4n) is 2.75. The second-order valence-electron chi connectivity index (χ2n) is 5.22. The third kappa shape index (κ3) is 2.44. The molecular weight excluding hydrogens is 283 g/mol. The number of anilines is 1. The quantitative estimate of drug-likeness (QED) is 0.786. The van der Waals surface area contributed by atoms with Crippen LogP contribution in [-0.4, -0.2) is 27.8 Å². The van der Waals surface area contributed by atoms with Gasteiger partial charge in [-0.15, -0.1) is 0 Å². The summed E-state index contributed by atoms with van der Waals surface area (Å²) in [6.45, 7) is 2.42. The molecule has 0 spiro atoms. The number of pyridine rings is 1. The lowest BCUT2D eigenvalue weighted by atomic mass is 9.99. The summed E-state index contributed by atoms with van der Waals surface area (Å²) in [6.07, 6.45) is 4.50. The maximum Gasteiger partial charge on any atom is 0.265 e. The van der Waals surface area contributed by atoms with E-state index in [4.69, 9.17) is 7.85 Å². The first-order chi connectivity index (χ1) is 10.00. The number of aryl methyl sites for hydroxylation is 2. The van der Waals surface area contributed by atoms with Crippen LogP contribution in [0.4, 0.5) is 5.69 Å². The molecule has 0 aliphatic carbocycles. The normalized spacial score (nSPS) is 14.8. The summed E-state index contributed by atoms with van der Waals surface area (Å²) in [4.78, 5) is 4.03. The molecule has 0 atom stereocenters. The van der Waals surface area contributed by atoms with E-state index in [2.05, 4.69) is 4.98 Å². The van der Waals surface area contributed by atoms with E-state index in [-0.39, 0.29) is 4.90 Å². The number of fused-ring (bicyclic) bond motifs is 1. The van der Waals surface area contributed by atoms with Crippen molar-refractivity contribution in [3.63, 3.8) is 0 Å². The van der Waals surface area contributed by atoms with Gasteiger partial charge in [-0.25, -0.2) is 8.42 Å². The Morgan fingerprint density at radius 1 is 1.29 bits per heavy atom. The van der Waals surface area contributed by atoms with Crippen LogP contribution in [0.2, 0.25) is 0 Å². The highest BCUT2D eigenvalue weighted by molar-refractivity contribution is 7.92. The first kappa shape index (κ1) is 14.1. The van der Waals surface area contributed by atoms with Crippen molar-refractivity contribution in [2.75, 3.05) is 10.8 Å². The van der Waals surface area contributed by atoms with Crippen molar-refractivity contribution < 1.29 is 8.42 Å². The van der Waals surface area contributed by atoms with E-state index >= 15 is 0 Å². The predicted molar refractivity (Wildman–Crippen MR) is 83.7 cm³/mol. The standard InChI is InChI=1S/C15H15BN2O2S/c1-11-4-2-5-12-6-3-7-18(15(11)12)21(19,20)14-8-13(16)9-17-10-14/h2,4-5,8-10H,3,6-7H2,1H3. The second kappa shape index (κ2) is 5.18. The molecule has 0 saturated carbocycles. The number of para-hydroxylation sites is 1. The molecule has 3 rings (SSSR count). The van der Waals surface area contributed by atoms with Crippen LogP contribution in [0, 0.1) is 6.92 Å². The fourth-order valence-corrected chi connectivity index (χ4v) is 4.35. The topological polar surface area (TPSA) is 50.3 Å². The molecule has 0 saturated heterocycles. The lowest BCUT2D eigenvalue weighted by molar-refractivity contribution is 0.586. The zero-order valence-corrected chi connectivity index (χ0v) is 12.6. The monoisotopic (exact) mass is 298 g/mol. The van der Waals surface area contributed by atoms with Gasteiger partial charge < -0.3 is 0 Å². The van der Waals surface area contributed by atoms with Crippen molar-refractivity contribution >= 4 is 29.0 Å². The largest absolute Gasteiger partial charge is 0.266 e. The SMILES string of the molecule is [B]c1cncc(S(=O)(=O)N2CCCc3cccc(C)c32)c1. The summed E-state index contributed by atoms with van der Waals surface area (Å²) >= 11 is 0. The Labute approximate surface area is 126 Å². The molecule has 0 fully saturated rings. The van der Waals surface area contributed by atoms with Crippen LogP contribution in [-0.2, 0) is 16.4 Å². The molecule has 4 nitrogen and oxygen atoms in total. The Hall–Kier alpha value is -1.82. The minimum atomic E-state index is -3.63. The minimum Gasteiger partial charge on any atom is -0.266 e. The van der Waals surface area contributed by atoms with Crippen LogP contribution >= 0.6 is 0 Å². The van der Waals surface area contributed by atoms with Crippen LogP contribution in [0.25, 0.3) is 0 Å². The highest BCUT2D eigenvalue weighted by Gasteiger charge is 2.30. The molecule has 1 aliphatic heterocycles. The van der Waals surface area contributed by atoms with Gasteiger partial charge in [0.2, 0.25) is 0 Å². The maximum absolute atomic E-state index is 12.9. The smallest absolute Gasteiger partial charge is 0.265 e. The van der Waals surface area contributed by atoms with E-state index in [9.17, 15) is 8.42 Å². The molecule has 1 aromatic heterocycles. The third-order valence-electron chi connectivity index (χ3n) is 3.70. The van der Waals surface area contributed by atoms with Gasteiger partial charge >= 0.3 is 0 Å². The highest BCUT2D eigenvalue weighted by Crippen LogP contribution is 2.34. The molecule has 0 unspecified atom stereocenters. The van der Waals surface area contributed by atoms with Crippen LogP contribution in [0.5, 0.6) is 0 Å². The summed E-state index contributed by atoms with van der Waals surface area (Å²) < 4.78 is 27.3. The Morgan fingerprint density at radius 2 is 2.10 bits per heavy atom. The Morgan fingerprint density at radius 3 is 2.86 bits per heavy atom. The van der Waals surface area contributed by atoms with Crippen molar-refractivity contribution in [1.29, 1.82) is 0 Å². The average molecular weight is 298 g/mol. The van der Waals surface area contributed by atoms with Gasteiger partial charge in [-0.3, -0.25) is 9.29 Å². The summed E-state index contributed by atoms with van der Waals surface area (Å²) in [5, 5.41) is 0. The van der Waals surface area contributed by atoms with Crippen LogP contribution in [0.1, 0.15) is 17.5 Å². The van der Waals surface area contributed by atoms with E-state index in [0.717, 1.165) is 29.7 Å². The molecule has 2 aromatic rings. The highest BCUT2D eigenvalue weighted by atomic mass is 32.2. The molecule has 21 heavy (non-hydrogen) atoms. The van der Waals surface area contributed by atoms with Crippen molar-refractivity contribution in [2.45, 2.75) is 24.7 Å². The molecule has 0 amide bonds. The molecule has 1 aromatic carbocycles. The number of sulfonamides is 1. The molecule has 0 N–H and O–H groups in total. The molecule has 0 bridgehead atoms. The zero-order valence-electron chi connectivity index (χ0n) is 11.8. The van der Waals surface area contributed by atoms with Gasteiger partial charge in [-0.05, 0) is 37.0 Å². The van der Waals surface area contributed by atoms with Gasteiger partial charge in [0.1, 0.15) is 12.7 Å². The van der Waals surface area contributed by atoms with Crippen LogP contribution in [0.3, 0.4) is 0 Å². The van der Waals surface area contributed by atoms with E-state index in [1.807, 2.05) is 25.1 Å². The zero-order chi connectivity index (χ0) is 15.0. The van der Waals surface area contributed by atoms with Crippen molar-refractivity contribution in [1.82, 2.24) is 4.98 Å². The molecule has 6 heteroatoms. The molecule has 2 radical (unpaired) electrons. The molecule has 1 aliphatic rings. The lowest BCUT2D eigenvalue weighted by Gasteiger charge is -2.31. The summed E-state index contributed by atoms with van der Waals surface area (Å²) in [6, 6.07) is 7.34. The second-order valence-corrected chi connectivity index (χ2v) is 7.08. The summed E-state index contributed by atoms with van der Waals surface area (Å²) in [7, 11) is 2.03. The van der Waals surface area contributed by atoms with Gasteiger partial charge in [0.25, 0.3) is 10.0 Å². The minimum absolute atomic E-state index is 0.138. The van der Waals surface area contributed by atoms with Gasteiger partial charge in [0.05, 0.1) is 5.69 Å². The summed E-state index contributed by atoms with van der Waals surface area (Å²) in [5.74, 6) is 0. The van der Waals surface area contributed by atoms with E-state index in [0.29, 0.717) is 12.0 Å². The number of aromatic nitrogens is 1.